The van der Waals surface area contributed by atoms with Gasteiger partial charge < -0.3 is 15.7 Å². The Labute approximate surface area is 152 Å². The van der Waals surface area contributed by atoms with Gasteiger partial charge in [-0.05, 0) is 39.0 Å². The molecule has 1 saturated carbocycles. The van der Waals surface area contributed by atoms with Gasteiger partial charge in [0.25, 0.3) is 0 Å². The molecule has 1 heterocycles. The maximum absolute atomic E-state index is 12.1. The topological polar surface area (TPSA) is 94.0 Å². The van der Waals surface area contributed by atoms with Crippen molar-refractivity contribution < 1.29 is 13.5 Å². The second-order valence-corrected chi connectivity index (χ2v) is 9.20. The van der Waals surface area contributed by atoms with E-state index in [4.69, 9.17) is 0 Å². The average Bonchev–Trinajstić information content (AvgIpc) is 2.98. The molecule has 0 aromatic carbocycles. The molecule has 0 bridgehead atoms. The molecular formula is C17H34N4O3S. The van der Waals surface area contributed by atoms with E-state index in [1.165, 1.54) is 0 Å². The lowest BCUT2D eigenvalue weighted by Gasteiger charge is -2.32. The van der Waals surface area contributed by atoms with Crippen molar-refractivity contribution >= 4 is 16.0 Å². The predicted molar refractivity (Wildman–Crippen MR) is 101 cm³/mol. The Hall–Kier alpha value is -0.860. The van der Waals surface area contributed by atoms with Crippen LogP contribution in [0.25, 0.3) is 0 Å². The predicted octanol–water partition coefficient (Wildman–Crippen LogP) is 0.907. The number of hydrogen-bond acceptors (Lipinski definition) is 4. The summed E-state index contributed by atoms with van der Waals surface area (Å²) in [4.78, 5) is 4.64. The van der Waals surface area contributed by atoms with Crippen molar-refractivity contribution in [3.05, 3.63) is 0 Å². The number of piperidine rings is 1. The molecule has 8 heteroatoms. The van der Waals surface area contributed by atoms with Gasteiger partial charge in [-0.2, -0.15) is 0 Å². The number of nitrogens with zero attached hydrogens (tertiary/aromatic N) is 2. The van der Waals surface area contributed by atoms with Crippen LogP contribution in [0.15, 0.2) is 4.99 Å². The summed E-state index contributed by atoms with van der Waals surface area (Å²) in [6.07, 6.45) is 5.02. The molecule has 2 aliphatic rings. The Kier molecular flexibility index (Phi) is 7.96. The van der Waals surface area contributed by atoms with Crippen LogP contribution in [-0.4, -0.2) is 67.9 Å². The lowest BCUT2D eigenvalue weighted by molar-refractivity contribution is 0.136. The molecule has 1 aliphatic carbocycles. The third-order valence-electron chi connectivity index (χ3n) is 5.10. The smallest absolute Gasteiger partial charge is 0.214 e. The largest absolute Gasteiger partial charge is 0.393 e. The van der Waals surface area contributed by atoms with E-state index >= 15 is 0 Å². The summed E-state index contributed by atoms with van der Waals surface area (Å²) in [5.41, 5.74) is 0. The van der Waals surface area contributed by atoms with Gasteiger partial charge in [0, 0.05) is 38.1 Å². The molecule has 1 aliphatic heterocycles. The highest BCUT2D eigenvalue weighted by molar-refractivity contribution is 7.89. The minimum absolute atomic E-state index is 0.223. The van der Waals surface area contributed by atoms with Crippen molar-refractivity contribution in [1.82, 2.24) is 14.9 Å². The molecule has 1 saturated heterocycles. The zero-order chi connectivity index (χ0) is 18.3. The first kappa shape index (κ1) is 20.5. The van der Waals surface area contributed by atoms with Crippen LogP contribution in [0, 0.1) is 5.92 Å². The average molecular weight is 375 g/mol. The lowest BCUT2D eigenvalue weighted by atomic mass is 10.1. The number of aliphatic imine (C=N–C) groups is 1. The van der Waals surface area contributed by atoms with Crippen LogP contribution in [0.3, 0.4) is 0 Å². The monoisotopic (exact) mass is 374 g/mol. The van der Waals surface area contributed by atoms with E-state index in [0.717, 1.165) is 44.6 Å². The first-order valence-electron chi connectivity index (χ1n) is 9.67. The molecule has 0 radical (unpaired) electrons. The fourth-order valence-corrected chi connectivity index (χ4v) is 5.16. The number of guanidine groups is 1. The Balaban J connectivity index is 1.84. The van der Waals surface area contributed by atoms with E-state index in [-0.39, 0.29) is 23.8 Å². The fraction of sp³-hybridized carbons (Fsp3) is 0.941. The maximum atomic E-state index is 12.1. The quantitative estimate of drug-likeness (QED) is 0.455. The molecule has 2 fully saturated rings. The third kappa shape index (κ3) is 6.11. The Morgan fingerprint density at radius 2 is 1.92 bits per heavy atom. The van der Waals surface area contributed by atoms with Crippen molar-refractivity contribution in [2.75, 3.05) is 31.9 Å². The van der Waals surface area contributed by atoms with Gasteiger partial charge in [0.15, 0.2) is 5.96 Å². The highest BCUT2D eigenvalue weighted by Gasteiger charge is 2.28. The van der Waals surface area contributed by atoms with Crippen molar-refractivity contribution in [3.63, 3.8) is 0 Å². The van der Waals surface area contributed by atoms with Crippen molar-refractivity contribution in [1.29, 1.82) is 0 Å². The number of hydrogen-bond donors (Lipinski definition) is 3. The fourth-order valence-electron chi connectivity index (χ4n) is 3.62. The maximum Gasteiger partial charge on any atom is 0.214 e. The molecule has 3 N–H and O–H groups in total. The molecule has 25 heavy (non-hydrogen) atoms. The van der Waals surface area contributed by atoms with Crippen LogP contribution >= 0.6 is 0 Å². The highest BCUT2D eigenvalue weighted by atomic mass is 32.2. The van der Waals surface area contributed by atoms with E-state index in [1.807, 2.05) is 13.8 Å². The van der Waals surface area contributed by atoms with Crippen molar-refractivity contribution in [2.24, 2.45) is 10.9 Å². The first-order valence-corrected chi connectivity index (χ1v) is 11.3. The number of sulfonamides is 1. The summed E-state index contributed by atoms with van der Waals surface area (Å²) < 4.78 is 25.9. The van der Waals surface area contributed by atoms with E-state index in [2.05, 4.69) is 15.6 Å². The van der Waals surface area contributed by atoms with Crippen LogP contribution in [0.5, 0.6) is 0 Å². The molecule has 146 valence electrons. The number of aliphatic hydroxyl groups excluding tert-OH is 1. The van der Waals surface area contributed by atoms with Crippen LogP contribution in [-0.2, 0) is 10.0 Å². The molecule has 0 spiro atoms. The Morgan fingerprint density at radius 1 is 1.20 bits per heavy atom. The van der Waals surface area contributed by atoms with Gasteiger partial charge in [0.2, 0.25) is 10.0 Å². The minimum atomic E-state index is -3.09. The molecule has 0 aromatic rings. The van der Waals surface area contributed by atoms with Gasteiger partial charge >= 0.3 is 0 Å². The van der Waals surface area contributed by atoms with Crippen LogP contribution in [0.4, 0.5) is 0 Å². The zero-order valence-electron chi connectivity index (χ0n) is 15.6. The minimum Gasteiger partial charge on any atom is -0.393 e. The number of nitrogens with one attached hydrogen (secondary N) is 2. The zero-order valence-corrected chi connectivity index (χ0v) is 16.4. The number of aliphatic hydroxyl groups is 1. The summed E-state index contributed by atoms with van der Waals surface area (Å²) >= 11 is 0. The van der Waals surface area contributed by atoms with E-state index in [1.54, 1.807) is 4.31 Å². The highest BCUT2D eigenvalue weighted by Crippen LogP contribution is 2.25. The standard InChI is InChI=1S/C17H34N4O3S/c1-3-12-25(23,24)21-10-8-15(9-11-21)20-17(18-4-2)19-13-14-6-5-7-16(14)22/h14-16,22H,3-13H2,1-2H3,(H2,18,19,20). The Morgan fingerprint density at radius 3 is 2.48 bits per heavy atom. The van der Waals surface area contributed by atoms with Crippen LogP contribution in [0.2, 0.25) is 0 Å². The van der Waals surface area contributed by atoms with Gasteiger partial charge in [0.1, 0.15) is 0 Å². The summed E-state index contributed by atoms with van der Waals surface area (Å²) in [7, 11) is -3.09. The molecule has 7 nitrogen and oxygen atoms in total. The third-order valence-corrected chi connectivity index (χ3v) is 7.17. The van der Waals surface area contributed by atoms with E-state index in [0.29, 0.717) is 26.1 Å². The van der Waals surface area contributed by atoms with Gasteiger partial charge in [0.05, 0.1) is 11.9 Å². The first-order chi connectivity index (χ1) is 12.0. The molecule has 0 amide bonds. The second kappa shape index (κ2) is 9.73. The normalized spacial score (nSPS) is 26.8. The molecule has 2 unspecified atom stereocenters. The summed E-state index contributed by atoms with van der Waals surface area (Å²) in [6.45, 7) is 6.48. The van der Waals surface area contributed by atoms with Gasteiger partial charge in [-0.15, -0.1) is 0 Å². The van der Waals surface area contributed by atoms with E-state index in [9.17, 15) is 13.5 Å². The number of rotatable bonds is 7. The SMILES string of the molecule is CCCS(=O)(=O)N1CCC(NC(=NCC2CCCC2O)NCC)CC1. The molecule has 2 rings (SSSR count). The summed E-state index contributed by atoms with van der Waals surface area (Å²) in [5.74, 6) is 1.27. The molecule has 0 aromatic heterocycles. The second-order valence-electron chi connectivity index (χ2n) is 7.11. The van der Waals surface area contributed by atoms with Crippen molar-refractivity contribution in [2.45, 2.75) is 64.5 Å². The molecule has 2 atom stereocenters. The van der Waals surface area contributed by atoms with Gasteiger partial charge in [-0.3, -0.25) is 4.99 Å². The van der Waals surface area contributed by atoms with Crippen LogP contribution < -0.4 is 10.6 Å². The lowest BCUT2D eigenvalue weighted by Crippen LogP contribution is -2.50. The van der Waals surface area contributed by atoms with Gasteiger partial charge in [-0.25, -0.2) is 12.7 Å². The van der Waals surface area contributed by atoms with Gasteiger partial charge in [-0.1, -0.05) is 13.3 Å². The van der Waals surface area contributed by atoms with Crippen molar-refractivity contribution in [3.8, 4) is 0 Å². The van der Waals surface area contributed by atoms with Crippen LogP contribution in [0.1, 0.15) is 52.4 Å². The molecular weight excluding hydrogens is 340 g/mol. The Bertz CT molecular complexity index is 530. The summed E-state index contributed by atoms with van der Waals surface area (Å²) in [6, 6.07) is 0.236. The van der Waals surface area contributed by atoms with E-state index < -0.39 is 10.0 Å². The summed E-state index contributed by atoms with van der Waals surface area (Å²) in [5, 5.41) is 16.6.